The second-order valence-electron chi connectivity index (χ2n) is 5.94. The predicted molar refractivity (Wildman–Crippen MR) is 73.9 cm³/mol. The van der Waals surface area contributed by atoms with Crippen molar-refractivity contribution in [2.75, 3.05) is 39.8 Å². The first-order valence-corrected chi connectivity index (χ1v) is 6.93. The van der Waals surface area contributed by atoms with E-state index in [2.05, 4.69) is 10.2 Å². The molecule has 2 saturated heterocycles. The van der Waals surface area contributed by atoms with Crippen LogP contribution in [0.15, 0.2) is 0 Å². The molecule has 1 amide bonds. The molecular formula is C13H24ClN3O. The number of fused-ring (bicyclic) bond motifs is 1. The van der Waals surface area contributed by atoms with E-state index in [1.807, 2.05) is 11.9 Å². The number of hydrogen-bond acceptors (Lipinski definition) is 3. The first-order chi connectivity index (χ1) is 8.24. The normalized spacial score (nSPS) is 31.6. The van der Waals surface area contributed by atoms with Crippen LogP contribution < -0.4 is 5.32 Å². The van der Waals surface area contributed by atoms with Gasteiger partial charge in [-0.3, -0.25) is 9.69 Å². The van der Waals surface area contributed by atoms with Gasteiger partial charge in [-0.2, -0.15) is 0 Å². The van der Waals surface area contributed by atoms with Gasteiger partial charge in [0.1, 0.15) is 0 Å². The summed E-state index contributed by atoms with van der Waals surface area (Å²) in [5.74, 6) is 1.96. The summed E-state index contributed by atoms with van der Waals surface area (Å²) in [7, 11) is 1.96. The lowest BCUT2D eigenvalue weighted by atomic mass is 9.89. The standard InChI is InChI=1S/C13H23N3O.ClH/c1-15(12-2-3-12)13(17)9-16-5-4-10-6-14-7-11(10)8-16;/h10-12,14H,2-9H2,1H3;1H. The lowest BCUT2D eigenvalue weighted by Crippen LogP contribution is -2.45. The van der Waals surface area contributed by atoms with Crippen molar-refractivity contribution in [3.05, 3.63) is 0 Å². The van der Waals surface area contributed by atoms with Gasteiger partial charge in [0, 0.05) is 19.6 Å². The Kier molecular flexibility index (Phi) is 4.51. The van der Waals surface area contributed by atoms with Gasteiger partial charge < -0.3 is 10.2 Å². The molecule has 1 N–H and O–H groups in total. The third kappa shape index (κ3) is 2.98. The molecule has 0 aromatic rings. The van der Waals surface area contributed by atoms with E-state index in [4.69, 9.17) is 0 Å². The number of halogens is 1. The number of likely N-dealkylation sites (N-methyl/N-ethyl adjacent to an activating group) is 1. The molecule has 1 aliphatic carbocycles. The van der Waals surface area contributed by atoms with Crippen molar-refractivity contribution in [2.24, 2.45) is 11.8 Å². The zero-order valence-corrected chi connectivity index (χ0v) is 11.9. The second-order valence-corrected chi connectivity index (χ2v) is 5.94. The molecule has 0 aromatic carbocycles. The molecule has 2 aliphatic heterocycles. The van der Waals surface area contributed by atoms with Crippen molar-refractivity contribution >= 4 is 18.3 Å². The third-order valence-corrected chi connectivity index (χ3v) is 4.64. The highest BCUT2D eigenvalue weighted by Crippen LogP contribution is 2.28. The van der Waals surface area contributed by atoms with E-state index in [-0.39, 0.29) is 12.4 Å². The van der Waals surface area contributed by atoms with Gasteiger partial charge in [0.2, 0.25) is 5.91 Å². The van der Waals surface area contributed by atoms with E-state index >= 15 is 0 Å². The Balaban J connectivity index is 0.00000120. The molecule has 18 heavy (non-hydrogen) atoms. The Morgan fingerprint density at radius 1 is 1.28 bits per heavy atom. The zero-order chi connectivity index (χ0) is 11.8. The van der Waals surface area contributed by atoms with Crippen molar-refractivity contribution in [2.45, 2.75) is 25.3 Å². The summed E-state index contributed by atoms with van der Waals surface area (Å²) in [6.45, 7) is 5.19. The fourth-order valence-electron chi connectivity index (χ4n) is 3.22. The molecule has 3 rings (SSSR count). The third-order valence-electron chi connectivity index (χ3n) is 4.64. The molecule has 0 bridgehead atoms. The molecule has 5 heteroatoms. The number of piperidine rings is 1. The minimum Gasteiger partial charge on any atom is -0.342 e. The number of carbonyl (C=O) groups excluding carboxylic acids is 1. The van der Waals surface area contributed by atoms with E-state index in [1.54, 1.807) is 0 Å². The highest BCUT2D eigenvalue weighted by atomic mass is 35.5. The van der Waals surface area contributed by atoms with Crippen LogP contribution in [0, 0.1) is 11.8 Å². The van der Waals surface area contributed by atoms with E-state index < -0.39 is 0 Å². The van der Waals surface area contributed by atoms with Crippen LogP contribution in [0.1, 0.15) is 19.3 Å². The fourth-order valence-corrected chi connectivity index (χ4v) is 3.22. The van der Waals surface area contributed by atoms with Crippen molar-refractivity contribution < 1.29 is 4.79 Å². The summed E-state index contributed by atoms with van der Waals surface area (Å²) >= 11 is 0. The highest BCUT2D eigenvalue weighted by Gasteiger charge is 2.35. The lowest BCUT2D eigenvalue weighted by Gasteiger charge is -2.34. The van der Waals surface area contributed by atoms with Gasteiger partial charge in [0.05, 0.1) is 6.54 Å². The van der Waals surface area contributed by atoms with Crippen LogP contribution in [0.3, 0.4) is 0 Å². The Labute approximate surface area is 115 Å². The van der Waals surface area contributed by atoms with Crippen LogP contribution in [-0.2, 0) is 4.79 Å². The minimum atomic E-state index is 0. The van der Waals surface area contributed by atoms with Gasteiger partial charge in [0.15, 0.2) is 0 Å². The largest absolute Gasteiger partial charge is 0.342 e. The average molecular weight is 274 g/mol. The minimum absolute atomic E-state index is 0. The Morgan fingerprint density at radius 3 is 2.72 bits per heavy atom. The van der Waals surface area contributed by atoms with Gasteiger partial charge in [0.25, 0.3) is 0 Å². The SMILES string of the molecule is CN(C(=O)CN1CCC2CNCC2C1)C1CC1.Cl. The lowest BCUT2D eigenvalue weighted by molar-refractivity contribution is -0.132. The van der Waals surface area contributed by atoms with Crippen molar-refractivity contribution in [1.82, 2.24) is 15.1 Å². The Hall–Kier alpha value is -0.320. The molecule has 3 aliphatic rings. The molecule has 2 unspecified atom stereocenters. The number of amides is 1. The summed E-state index contributed by atoms with van der Waals surface area (Å²) in [6.07, 6.45) is 3.67. The van der Waals surface area contributed by atoms with Gasteiger partial charge in [-0.05, 0) is 50.7 Å². The number of rotatable bonds is 3. The Morgan fingerprint density at radius 2 is 2.00 bits per heavy atom. The van der Waals surface area contributed by atoms with Gasteiger partial charge in [-0.25, -0.2) is 0 Å². The smallest absolute Gasteiger partial charge is 0.236 e. The molecule has 2 heterocycles. The Bertz CT molecular complexity index is 309. The summed E-state index contributed by atoms with van der Waals surface area (Å²) in [4.78, 5) is 16.4. The number of hydrogen-bond donors (Lipinski definition) is 1. The molecule has 1 saturated carbocycles. The summed E-state index contributed by atoms with van der Waals surface area (Å²) in [6, 6.07) is 0.549. The maximum Gasteiger partial charge on any atom is 0.236 e. The van der Waals surface area contributed by atoms with Crippen LogP contribution in [0.5, 0.6) is 0 Å². The predicted octanol–water partition coefficient (Wildman–Crippen LogP) is 0.570. The average Bonchev–Trinajstić information content (AvgIpc) is 3.07. The monoisotopic (exact) mass is 273 g/mol. The van der Waals surface area contributed by atoms with Gasteiger partial charge in [-0.15, -0.1) is 12.4 Å². The summed E-state index contributed by atoms with van der Waals surface area (Å²) < 4.78 is 0. The van der Waals surface area contributed by atoms with Gasteiger partial charge >= 0.3 is 0 Å². The van der Waals surface area contributed by atoms with Crippen LogP contribution in [0.2, 0.25) is 0 Å². The fraction of sp³-hybridized carbons (Fsp3) is 0.923. The maximum absolute atomic E-state index is 12.1. The molecule has 0 spiro atoms. The molecular weight excluding hydrogens is 250 g/mol. The zero-order valence-electron chi connectivity index (χ0n) is 11.1. The number of likely N-dealkylation sites (tertiary alicyclic amines) is 1. The second kappa shape index (κ2) is 5.76. The molecule has 3 fully saturated rings. The van der Waals surface area contributed by atoms with E-state index in [9.17, 15) is 4.79 Å². The topological polar surface area (TPSA) is 35.6 Å². The van der Waals surface area contributed by atoms with E-state index in [0.29, 0.717) is 18.5 Å². The number of carbonyl (C=O) groups is 1. The molecule has 104 valence electrons. The van der Waals surface area contributed by atoms with Crippen LogP contribution >= 0.6 is 12.4 Å². The summed E-state index contributed by atoms with van der Waals surface area (Å²) in [5, 5.41) is 3.47. The van der Waals surface area contributed by atoms with Crippen LogP contribution in [-0.4, -0.2) is 61.5 Å². The molecule has 2 atom stereocenters. The van der Waals surface area contributed by atoms with Crippen molar-refractivity contribution in [1.29, 1.82) is 0 Å². The number of nitrogens with one attached hydrogen (secondary N) is 1. The molecule has 0 radical (unpaired) electrons. The molecule has 0 aromatic heterocycles. The first kappa shape index (κ1) is 14.1. The number of nitrogens with zero attached hydrogens (tertiary/aromatic N) is 2. The van der Waals surface area contributed by atoms with Crippen molar-refractivity contribution in [3.63, 3.8) is 0 Å². The highest BCUT2D eigenvalue weighted by molar-refractivity contribution is 5.85. The van der Waals surface area contributed by atoms with E-state index in [1.165, 1.54) is 25.8 Å². The molecule has 4 nitrogen and oxygen atoms in total. The van der Waals surface area contributed by atoms with Crippen LogP contribution in [0.4, 0.5) is 0 Å². The first-order valence-electron chi connectivity index (χ1n) is 6.93. The van der Waals surface area contributed by atoms with Gasteiger partial charge in [-0.1, -0.05) is 0 Å². The maximum atomic E-state index is 12.1. The van der Waals surface area contributed by atoms with Crippen LogP contribution in [0.25, 0.3) is 0 Å². The van der Waals surface area contributed by atoms with Crippen molar-refractivity contribution in [3.8, 4) is 0 Å². The van der Waals surface area contributed by atoms with E-state index in [0.717, 1.165) is 31.5 Å². The quantitative estimate of drug-likeness (QED) is 0.817. The summed E-state index contributed by atoms with van der Waals surface area (Å²) in [5.41, 5.74) is 0.